The number of hydrogen-bond donors (Lipinski definition) is 1. The van der Waals surface area contributed by atoms with E-state index in [0.29, 0.717) is 36.4 Å². The van der Waals surface area contributed by atoms with Crippen molar-refractivity contribution in [3.63, 3.8) is 0 Å². The van der Waals surface area contributed by atoms with E-state index in [4.69, 9.17) is 21.6 Å². The summed E-state index contributed by atoms with van der Waals surface area (Å²) < 4.78 is 1.97. The Bertz CT molecular complexity index is 2010. The van der Waals surface area contributed by atoms with E-state index in [1.54, 1.807) is 11.3 Å². The van der Waals surface area contributed by atoms with Gasteiger partial charge >= 0.3 is 5.97 Å². The predicted octanol–water partition coefficient (Wildman–Crippen LogP) is 7.03. The second-order valence-corrected chi connectivity index (χ2v) is 16.5. The predicted molar refractivity (Wildman–Crippen MR) is 208 cm³/mol. The summed E-state index contributed by atoms with van der Waals surface area (Å²) in [7, 11) is 3.90. The van der Waals surface area contributed by atoms with Crippen LogP contribution in [0.15, 0.2) is 36.4 Å². The molecule has 0 bridgehead atoms. The molecule has 2 aromatic carbocycles. The van der Waals surface area contributed by atoms with Crippen LogP contribution in [0.1, 0.15) is 82.7 Å². The number of thiazole rings is 1. The van der Waals surface area contributed by atoms with E-state index in [-0.39, 0.29) is 24.0 Å². The van der Waals surface area contributed by atoms with Crippen LogP contribution in [0.4, 0.5) is 0 Å². The second-order valence-electron chi connectivity index (χ2n) is 15.1. The fourth-order valence-electron chi connectivity index (χ4n) is 8.20. The highest BCUT2D eigenvalue weighted by molar-refractivity contribution is 7.15. The molecule has 7 rings (SSSR count). The zero-order valence-corrected chi connectivity index (χ0v) is 32.7. The Morgan fingerprint density at radius 3 is 2.45 bits per heavy atom. The summed E-state index contributed by atoms with van der Waals surface area (Å²) in [5, 5.41) is 10.8. The van der Waals surface area contributed by atoms with Crippen molar-refractivity contribution in [2.75, 3.05) is 33.2 Å². The number of imidazole rings is 1. The Kier molecular flexibility index (Phi) is 11.2. The number of hydrogen-bond acceptors (Lipinski definition) is 8. The van der Waals surface area contributed by atoms with Crippen LogP contribution in [-0.2, 0) is 49.1 Å². The minimum absolute atomic E-state index is 0.0562. The standard InChI is InChI=1S/C41H49ClN6O4S/c1-5-45(3)24-37(50)48-22-33-36(23-48)53-40(44-33)30-10-7-9-29(25(30)2)31-11-6-8-28(38(31)42)20-35(49)39-43-32-21-47(19-17-34(32)46(39)4)18-16-26-12-14-27(15-13-26)41(51)52/h6-11,26-27H,5,12-24H2,1-4H3,(H,51,52). The number of fused-ring (bicyclic) bond motifs is 2. The van der Waals surface area contributed by atoms with Gasteiger partial charge in [0, 0.05) is 54.7 Å². The molecule has 0 radical (unpaired) electrons. The van der Waals surface area contributed by atoms with Crippen LogP contribution < -0.4 is 0 Å². The van der Waals surface area contributed by atoms with Gasteiger partial charge in [0.1, 0.15) is 5.01 Å². The molecule has 10 nitrogen and oxygen atoms in total. The smallest absolute Gasteiger partial charge is 0.306 e. The van der Waals surface area contributed by atoms with Gasteiger partial charge in [0.25, 0.3) is 0 Å². The Morgan fingerprint density at radius 1 is 0.981 bits per heavy atom. The third kappa shape index (κ3) is 7.85. The number of likely N-dealkylation sites (N-methyl/N-ethyl adjacent to an activating group) is 1. The lowest BCUT2D eigenvalue weighted by atomic mass is 9.80. The molecular weight excluding hydrogens is 708 g/mol. The Hall–Kier alpha value is -3.90. The van der Waals surface area contributed by atoms with Crippen molar-refractivity contribution < 1.29 is 19.5 Å². The zero-order chi connectivity index (χ0) is 37.4. The van der Waals surface area contributed by atoms with E-state index < -0.39 is 5.97 Å². The number of halogens is 1. The number of aromatic nitrogens is 3. The number of carboxylic acid groups (broad SMARTS) is 1. The summed E-state index contributed by atoms with van der Waals surface area (Å²) in [6.45, 7) is 9.13. The van der Waals surface area contributed by atoms with Gasteiger partial charge in [-0.3, -0.25) is 24.2 Å². The number of nitrogens with zero attached hydrogens (tertiary/aromatic N) is 6. The Morgan fingerprint density at radius 2 is 1.72 bits per heavy atom. The first kappa shape index (κ1) is 37.4. The molecule has 2 aromatic heterocycles. The minimum Gasteiger partial charge on any atom is -0.481 e. The number of carboxylic acids is 1. The second kappa shape index (κ2) is 15.8. The zero-order valence-electron chi connectivity index (χ0n) is 31.2. The maximum Gasteiger partial charge on any atom is 0.306 e. The van der Waals surface area contributed by atoms with Crippen molar-refractivity contribution in [2.24, 2.45) is 18.9 Å². The molecule has 2 aliphatic heterocycles. The van der Waals surface area contributed by atoms with Crippen molar-refractivity contribution in [3.05, 3.63) is 80.3 Å². The van der Waals surface area contributed by atoms with Crippen molar-refractivity contribution in [1.29, 1.82) is 0 Å². The van der Waals surface area contributed by atoms with E-state index in [9.17, 15) is 19.5 Å². The SMILES string of the molecule is CCN(C)CC(=O)N1Cc2nc(-c3cccc(-c4cccc(CC(=O)c5nc6c(n5C)CCN(CCC5CCC(C(=O)O)CC5)C6)c4Cl)c3C)sc2C1. The van der Waals surface area contributed by atoms with Gasteiger partial charge < -0.3 is 14.6 Å². The average Bonchev–Trinajstić information content (AvgIpc) is 3.84. The number of Topliss-reactive ketones (excluding diaryl/α,β-unsaturated/α-hetero) is 1. The minimum atomic E-state index is -0.655. The maximum atomic E-state index is 13.8. The number of carbonyl (C=O) groups excluding carboxylic acids is 2. The summed E-state index contributed by atoms with van der Waals surface area (Å²) >= 11 is 8.76. The number of carbonyl (C=O) groups is 3. The molecule has 12 heteroatoms. The molecule has 0 unspecified atom stereocenters. The molecular formula is C41H49ClN6O4S. The quantitative estimate of drug-likeness (QED) is 0.154. The van der Waals surface area contributed by atoms with E-state index in [0.717, 1.165) is 119 Å². The lowest BCUT2D eigenvalue weighted by Crippen LogP contribution is -2.35. The van der Waals surface area contributed by atoms with Gasteiger partial charge in [0.15, 0.2) is 5.82 Å². The Balaban J connectivity index is 1.01. The molecule has 53 heavy (non-hydrogen) atoms. The van der Waals surface area contributed by atoms with E-state index in [2.05, 4.69) is 24.0 Å². The highest BCUT2D eigenvalue weighted by Crippen LogP contribution is 2.40. The first-order valence-electron chi connectivity index (χ1n) is 18.9. The molecule has 1 amide bonds. The van der Waals surface area contributed by atoms with Gasteiger partial charge in [0.05, 0.1) is 42.0 Å². The normalized spacial score (nSPS) is 18.7. The Labute approximate surface area is 320 Å². The molecule has 1 saturated carbocycles. The molecule has 280 valence electrons. The van der Waals surface area contributed by atoms with Crippen LogP contribution in [-0.4, -0.2) is 85.2 Å². The monoisotopic (exact) mass is 756 g/mol. The number of rotatable bonds is 12. The topological polar surface area (TPSA) is 112 Å². The third-order valence-electron chi connectivity index (χ3n) is 11.7. The highest BCUT2D eigenvalue weighted by atomic mass is 35.5. The molecule has 3 aliphatic rings. The van der Waals surface area contributed by atoms with Gasteiger partial charge in [-0.05, 0) is 81.8 Å². The number of ketones is 1. The maximum absolute atomic E-state index is 13.8. The van der Waals surface area contributed by atoms with Gasteiger partial charge in [-0.1, -0.05) is 54.9 Å². The average molecular weight is 757 g/mol. The van der Waals surface area contributed by atoms with Crippen LogP contribution >= 0.6 is 22.9 Å². The van der Waals surface area contributed by atoms with Gasteiger partial charge in [-0.25, -0.2) is 9.97 Å². The van der Waals surface area contributed by atoms with Crippen LogP contribution in [0, 0.1) is 18.8 Å². The van der Waals surface area contributed by atoms with Gasteiger partial charge in [-0.2, -0.15) is 0 Å². The molecule has 4 heterocycles. The molecule has 1 aliphatic carbocycles. The van der Waals surface area contributed by atoms with Crippen LogP contribution in [0.2, 0.25) is 5.02 Å². The number of benzene rings is 2. The third-order valence-corrected chi connectivity index (χ3v) is 13.2. The molecule has 1 N–H and O–H groups in total. The lowest BCUT2D eigenvalue weighted by Gasteiger charge is -2.30. The van der Waals surface area contributed by atoms with Crippen LogP contribution in [0.25, 0.3) is 21.7 Å². The van der Waals surface area contributed by atoms with Crippen molar-refractivity contribution in [1.82, 2.24) is 29.2 Å². The first-order chi connectivity index (χ1) is 25.5. The van der Waals surface area contributed by atoms with Crippen LogP contribution in [0.5, 0.6) is 0 Å². The first-order valence-corrected chi connectivity index (χ1v) is 20.1. The van der Waals surface area contributed by atoms with Gasteiger partial charge in [-0.15, -0.1) is 11.3 Å². The largest absolute Gasteiger partial charge is 0.481 e. The summed E-state index contributed by atoms with van der Waals surface area (Å²) in [5.41, 5.74) is 7.82. The fraction of sp³-hybridized carbons (Fsp3) is 0.488. The summed E-state index contributed by atoms with van der Waals surface area (Å²) in [6.07, 6.45) is 5.61. The molecule has 1 fully saturated rings. The molecule has 0 saturated heterocycles. The number of amides is 1. The highest BCUT2D eigenvalue weighted by Gasteiger charge is 2.30. The fourth-order valence-corrected chi connectivity index (χ4v) is 9.66. The van der Waals surface area contributed by atoms with E-state index in [1.807, 2.05) is 59.7 Å². The molecule has 0 spiro atoms. The van der Waals surface area contributed by atoms with Gasteiger partial charge in [0.2, 0.25) is 11.7 Å². The van der Waals surface area contributed by atoms with Crippen LogP contribution in [0.3, 0.4) is 0 Å². The molecule has 4 aromatic rings. The number of aliphatic carboxylic acids is 1. The summed E-state index contributed by atoms with van der Waals surface area (Å²) in [6, 6.07) is 12.1. The van der Waals surface area contributed by atoms with Crippen molar-refractivity contribution in [2.45, 2.75) is 78.4 Å². The summed E-state index contributed by atoms with van der Waals surface area (Å²) in [4.78, 5) is 55.2. The molecule has 0 atom stereocenters. The van der Waals surface area contributed by atoms with E-state index >= 15 is 0 Å². The van der Waals surface area contributed by atoms with E-state index in [1.165, 1.54) is 0 Å². The summed E-state index contributed by atoms with van der Waals surface area (Å²) in [5.74, 6) is 0.286. The lowest BCUT2D eigenvalue weighted by molar-refractivity contribution is -0.143. The van der Waals surface area contributed by atoms with Crippen molar-refractivity contribution >= 4 is 40.6 Å². The van der Waals surface area contributed by atoms with Crippen molar-refractivity contribution in [3.8, 4) is 21.7 Å².